The number of rotatable bonds is 8. The zero-order valence-corrected chi connectivity index (χ0v) is 12.1. The highest BCUT2D eigenvalue weighted by atomic mass is 16.5. The minimum atomic E-state index is -0.143. The van der Waals surface area contributed by atoms with Crippen molar-refractivity contribution in [1.29, 1.82) is 0 Å². The molecule has 1 heterocycles. The molecule has 0 aliphatic heterocycles. The first-order valence-corrected chi connectivity index (χ1v) is 6.95. The van der Waals surface area contributed by atoms with Gasteiger partial charge in [-0.2, -0.15) is 0 Å². The Bertz CT molecular complexity index is 388. The van der Waals surface area contributed by atoms with Crippen LogP contribution in [0.5, 0.6) is 0 Å². The van der Waals surface area contributed by atoms with Crippen LogP contribution in [-0.2, 0) is 16.1 Å². The lowest BCUT2D eigenvalue weighted by atomic mass is 10.0. The topological polar surface area (TPSA) is 70.1 Å². The summed E-state index contributed by atoms with van der Waals surface area (Å²) >= 11 is 0. The van der Waals surface area contributed by atoms with Gasteiger partial charge in [0, 0.05) is 25.2 Å². The summed E-state index contributed by atoms with van der Waals surface area (Å²) in [6.45, 7) is 7.31. The maximum absolute atomic E-state index is 11.3. The molecule has 1 aromatic rings. The van der Waals surface area contributed by atoms with Gasteiger partial charge in [0.2, 0.25) is 0 Å². The molecule has 0 amide bonds. The van der Waals surface area contributed by atoms with Crippen LogP contribution in [0.15, 0.2) is 12.5 Å². The summed E-state index contributed by atoms with van der Waals surface area (Å²) in [5, 5.41) is 0. The van der Waals surface area contributed by atoms with E-state index in [0.717, 1.165) is 25.1 Å². The molecule has 1 atom stereocenters. The van der Waals surface area contributed by atoms with E-state index in [1.165, 1.54) is 0 Å². The smallest absolute Gasteiger partial charge is 0.305 e. The lowest BCUT2D eigenvalue weighted by Gasteiger charge is -2.16. The van der Waals surface area contributed by atoms with Crippen molar-refractivity contribution in [2.24, 2.45) is 11.7 Å². The quantitative estimate of drug-likeness (QED) is 0.733. The van der Waals surface area contributed by atoms with Gasteiger partial charge in [-0.1, -0.05) is 13.8 Å². The number of nitrogens with two attached hydrogens (primary N) is 1. The second kappa shape index (κ2) is 7.94. The van der Waals surface area contributed by atoms with Crippen molar-refractivity contribution in [2.45, 2.75) is 52.6 Å². The van der Waals surface area contributed by atoms with E-state index in [9.17, 15) is 4.79 Å². The largest absolute Gasteiger partial charge is 0.466 e. The van der Waals surface area contributed by atoms with Crippen molar-refractivity contribution in [3.05, 3.63) is 18.2 Å². The third kappa shape index (κ3) is 5.42. The predicted octanol–water partition coefficient (Wildman–Crippen LogP) is 2.27. The minimum absolute atomic E-state index is 0.00472. The van der Waals surface area contributed by atoms with Crippen molar-refractivity contribution < 1.29 is 9.53 Å². The number of carbonyl (C=O) groups is 1. The Morgan fingerprint density at radius 2 is 2.26 bits per heavy atom. The molecule has 1 rings (SSSR count). The molecular formula is C14H25N3O2. The molecule has 1 aromatic heterocycles. The number of imidazole rings is 1. The van der Waals surface area contributed by atoms with Crippen LogP contribution in [-0.4, -0.2) is 22.1 Å². The fourth-order valence-electron chi connectivity index (χ4n) is 2.08. The maximum Gasteiger partial charge on any atom is 0.305 e. The van der Waals surface area contributed by atoms with Crippen LogP contribution in [0.2, 0.25) is 0 Å². The van der Waals surface area contributed by atoms with Crippen molar-refractivity contribution in [1.82, 2.24) is 9.55 Å². The van der Waals surface area contributed by atoms with Crippen LogP contribution < -0.4 is 5.73 Å². The summed E-state index contributed by atoms with van der Waals surface area (Å²) in [5.41, 5.74) is 7.21. The molecule has 5 nitrogen and oxygen atoms in total. The molecule has 0 spiro atoms. The number of aryl methyl sites for hydroxylation is 1. The second-order valence-corrected chi connectivity index (χ2v) is 5.16. The summed E-state index contributed by atoms with van der Waals surface area (Å²) in [5.74, 6) is 0.411. The first kappa shape index (κ1) is 15.7. The van der Waals surface area contributed by atoms with Gasteiger partial charge >= 0.3 is 5.97 Å². The van der Waals surface area contributed by atoms with Crippen LogP contribution in [0.4, 0.5) is 0 Å². The third-order valence-corrected chi connectivity index (χ3v) is 2.93. The second-order valence-electron chi connectivity index (χ2n) is 5.16. The first-order valence-electron chi connectivity index (χ1n) is 6.95. The highest BCUT2D eigenvalue weighted by Crippen LogP contribution is 2.18. The summed E-state index contributed by atoms with van der Waals surface area (Å²) in [4.78, 5) is 15.4. The monoisotopic (exact) mass is 267 g/mol. The molecular weight excluding hydrogens is 242 g/mol. The van der Waals surface area contributed by atoms with Gasteiger partial charge in [0.15, 0.2) is 0 Å². The van der Waals surface area contributed by atoms with Crippen molar-refractivity contribution in [2.75, 3.05) is 6.61 Å². The van der Waals surface area contributed by atoms with Crippen LogP contribution in [0.1, 0.15) is 51.8 Å². The van der Waals surface area contributed by atoms with Gasteiger partial charge < -0.3 is 15.0 Å². The Balaban J connectivity index is 2.46. The Labute approximate surface area is 115 Å². The van der Waals surface area contributed by atoms with Crippen LogP contribution in [0, 0.1) is 5.92 Å². The third-order valence-electron chi connectivity index (χ3n) is 2.93. The Morgan fingerprint density at radius 1 is 1.53 bits per heavy atom. The SMILES string of the molecule is CCOC(=O)CCCn1cncc1C(N)CC(C)C. The van der Waals surface area contributed by atoms with Crippen LogP contribution in [0.3, 0.4) is 0 Å². The number of nitrogens with zero attached hydrogens (tertiary/aromatic N) is 2. The molecule has 19 heavy (non-hydrogen) atoms. The molecule has 0 saturated carbocycles. The average molecular weight is 267 g/mol. The highest BCUT2D eigenvalue weighted by Gasteiger charge is 2.13. The Kier molecular flexibility index (Phi) is 6.56. The number of esters is 1. The van der Waals surface area contributed by atoms with Gasteiger partial charge in [-0.3, -0.25) is 4.79 Å². The maximum atomic E-state index is 11.3. The van der Waals surface area contributed by atoms with Crippen molar-refractivity contribution in [3.63, 3.8) is 0 Å². The van der Waals surface area contributed by atoms with Crippen LogP contribution in [0.25, 0.3) is 0 Å². The lowest BCUT2D eigenvalue weighted by molar-refractivity contribution is -0.143. The van der Waals surface area contributed by atoms with Gasteiger partial charge in [0.05, 0.1) is 18.6 Å². The van der Waals surface area contributed by atoms with Gasteiger partial charge in [-0.15, -0.1) is 0 Å². The van der Waals surface area contributed by atoms with Gasteiger partial charge in [-0.25, -0.2) is 4.98 Å². The summed E-state index contributed by atoms with van der Waals surface area (Å²) in [6, 6.07) is 0.00472. The molecule has 0 aliphatic carbocycles. The van der Waals surface area contributed by atoms with E-state index in [-0.39, 0.29) is 12.0 Å². The molecule has 0 saturated heterocycles. The van der Waals surface area contributed by atoms with E-state index in [0.29, 0.717) is 18.9 Å². The zero-order chi connectivity index (χ0) is 14.3. The zero-order valence-electron chi connectivity index (χ0n) is 12.1. The normalized spacial score (nSPS) is 12.7. The Hall–Kier alpha value is -1.36. The van der Waals surface area contributed by atoms with E-state index in [1.807, 2.05) is 17.7 Å². The highest BCUT2D eigenvalue weighted by molar-refractivity contribution is 5.69. The molecule has 108 valence electrons. The van der Waals surface area contributed by atoms with E-state index < -0.39 is 0 Å². The van der Waals surface area contributed by atoms with Crippen LogP contribution >= 0.6 is 0 Å². The fourth-order valence-corrected chi connectivity index (χ4v) is 2.08. The molecule has 0 fully saturated rings. The molecule has 2 N–H and O–H groups in total. The number of hydrogen-bond donors (Lipinski definition) is 1. The standard InChI is InChI=1S/C14H25N3O2/c1-4-19-14(18)6-5-7-17-10-16-9-13(17)12(15)8-11(2)3/h9-12H,4-8,15H2,1-3H3. The first-order chi connectivity index (χ1) is 9.04. The predicted molar refractivity (Wildman–Crippen MR) is 74.5 cm³/mol. The summed E-state index contributed by atoms with van der Waals surface area (Å²) in [6.07, 6.45) is 5.71. The van der Waals surface area contributed by atoms with Gasteiger partial charge in [0.1, 0.15) is 0 Å². The van der Waals surface area contributed by atoms with E-state index in [4.69, 9.17) is 10.5 Å². The molecule has 0 bridgehead atoms. The van der Waals surface area contributed by atoms with Gasteiger partial charge in [0.25, 0.3) is 0 Å². The number of ether oxygens (including phenoxy) is 1. The van der Waals surface area contributed by atoms with E-state index in [1.54, 1.807) is 6.33 Å². The molecule has 1 unspecified atom stereocenters. The minimum Gasteiger partial charge on any atom is -0.466 e. The van der Waals surface area contributed by atoms with Gasteiger partial charge in [-0.05, 0) is 25.7 Å². The number of aromatic nitrogens is 2. The Morgan fingerprint density at radius 3 is 2.89 bits per heavy atom. The summed E-state index contributed by atoms with van der Waals surface area (Å²) < 4.78 is 6.94. The molecule has 5 heteroatoms. The molecule has 0 aliphatic rings. The fraction of sp³-hybridized carbons (Fsp3) is 0.714. The molecule has 0 aromatic carbocycles. The van der Waals surface area contributed by atoms with Crippen molar-refractivity contribution >= 4 is 5.97 Å². The number of hydrogen-bond acceptors (Lipinski definition) is 4. The number of carbonyl (C=O) groups excluding carboxylic acids is 1. The summed E-state index contributed by atoms with van der Waals surface area (Å²) in [7, 11) is 0. The lowest BCUT2D eigenvalue weighted by Crippen LogP contribution is -2.17. The van der Waals surface area contributed by atoms with E-state index >= 15 is 0 Å². The van der Waals surface area contributed by atoms with E-state index in [2.05, 4.69) is 18.8 Å². The molecule has 0 radical (unpaired) electrons. The average Bonchev–Trinajstić information content (AvgIpc) is 2.77. The van der Waals surface area contributed by atoms with Crippen molar-refractivity contribution in [3.8, 4) is 0 Å².